The van der Waals surface area contributed by atoms with Crippen molar-refractivity contribution in [2.45, 2.75) is 91.6 Å². The maximum absolute atomic E-state index is 10.3. The van der Waals surface area contributed by atoms with Crippen LogP contribution in [0.3, 0.4) is 0 Å². The molecule has 0 aromatic carbocycles. The minimum atomic E-state index is -0.107. The minimum Gasteiger partial charge on any atom is -0.393 e. The third-order valence-corrected chi connectivity index (χ3v) is 9.58. The highest BCUT2D eigenvalue weighted by Crippen LogP contribution is 2.68. The van der Waals surface area contributed by atoms with Gasteiger partial charge >= 0.3 is 0 Å². The molecular weight excluding hydrogens is 280 g/mol. The van der Waals surface area contributed by atoms with E-state index < -0.39 is 0 Å². The van der Waals surface area contributed by atoms with Crippen molar-refractivity contribution >= 4 is 0 Å². The summed E-state index contributed by atoms with van der Waals surface area (Å²) in [7, 11) is 0. The fourth-order valence-corrected chi connectivity index (χ4v) is 8.31. The van der Waals surface area contributed by atoms with Gasteiger partial charge in [0.2, 0.25) is 0 Å². The molecule has 9 unspecified atom stereocenters. The highest BCUT2D eigenvalue weighted by molar-refractivity contribution is 5.09. The van der Waals surface area contributed by atoms with Crippen LogP contribution in [0, 0.1) is 46.3 Å². The second-order valence-corrected chi connectivity index (χ2v) is 10.5. The molecule has 132 valence electrons. The van der Waals surface area contributed by atoms with Crippen LogP contribution in [0.4, 0.5) is 0 Å². The Kier molecular flexibility index (Phi) is 3.91. The highest BCUT2D eigenvalue weighted by atomic mass is 16.3. The Labute approximate surface area is 143 Å². The summed E-state index contributed by atoms with van der Waals surface area (Å²) in [6.45, 7) is 9.73. The molecule has 1 heteroatoms. The minimum absolute atomic E-state index is 0.107. The Hall–Kier alpha value is -0.0400. The smallest absolute Gasteiger partial charge is 0.0545 e. The third-order valence-electron chi connectivity index (χ3n) is 9.58. The normalized spacial score (nSPS) is 57.3. The molecule has 4 fully saturated rings. The molecule has 1 N–H and O–H groups in total. The molecule has 0 heterocycles. The van der Waals surface area contributed by atoms with E-state index in [0.29, 0.717) is 16.7 Å². The number of hydrogen-bond donors (Lipinski definition) is 1. The lowest BCUT2D eigenvalue weighted by molar-refractivity contribution is -0.123. The first-order valence-corrected chi connectivity index (χ1v) is 10.5. The van der Waals surface area contributed by atoms with Crippen molar-refractivity contribution < 1.29 is 5.11 Å². The molecule has 0 aliphatic heterocycles. The summed E-state index contributed by atoms with van der Waals surface area (Å²) in [6.07, 6.45) is 12.8. The van der Waals surface area contributed by atoms with Crippen LogP contribution in [-0.4, -0.2) is 11.2 Å². The molecule has 0 saturated heterocycles. The molecule has 0 aromatic heterocycles. The van der Waals surface area contributed by atoms with Gasteiger partial charge in [-0.05, 0) is 105 Å². The number of aliphatic hydroxyl groups is 1. The number of fused-ring (bicyclic) bond motifs is 5. The lowest BCUT2D eigenvalue weighted by atomic mass is 9.44. The van der Waals surface area contributed by atoms with Crippen molar-refractivity contribution in [2.24, 2.45) is 46.3 Å². The van der Waals surface area contributed by atoms with Gasteiger partial charge in [-0.25, -0.2) is 0 Å². The molecule has 0 spiro atoms. The molecule has 4 aliphatic carbocycles. The summed E-state index contributed by atoms with van der Waals surface area (Å²) in [6, 6.07) is 0. The van der Waals surface area contributed by atoms with Gasteiger partial charge < -0.3 is 5.11 Å². The third kappa shape index (κ3) is 2.28. The van der Waals surface area contributed by atoms with Gasteiger partial charge in [-0.2, -0.15) is 0 Å². The van der Waals surface area contributed by atoms with Crippen molar-refractivity contribution in [3.63, 3.8) is 0 Å². The predicted molar refractivity (Wildman–Crippen MR) is 96.1 cm³/mol. The zero-order chi connectivity index (χ0) is 16.4. The van der Waals surface area contributed by atoms with Gasteiger partial charge in [-0.3, -0.25) is 0 Å². The fourth-order valence-electron chi connectivity index (χ4n) is 8.31. The average Bonchev–Trinajstić information content (AvgIpc) is 2.85. The van der Waals surface area contributed by atoms with Crippen molar-refractivity contribution in [1.29, 1.82) is 0 Å². The van der Waals surface area contributed by atoms with E-state index in [9.17, 15) is 5.11 Å². The Morgan fingerprint density at radius 1 is 0.870 bits per heavy atom. The van der Waals surface area contributed by atoms with E-state index in [-0.39, 0.29) is 6.10 Å². The van der Waals surface area contributed by atoms with E-state index in [4.69, 9.17) is 0 Å². The molecule has 9 atom stereocenters. The molecule has 4 aliphatic rings. The summed E-state index contributed by atoms with van der Waals surface area (Å²) >= 11 is 0. The molecule has 0 aromatic rings. The second kappa shape index (κ2) is 5.48. The van der Waals surface area contributed by atoms with Crippen LogP contribution >= 0.6 is 0 Å². The van der Waals surface area contributed by atoms with Crippen LogP contribution in [0.5, 0.6) is 0 Å². The second-order valence-electron chi connectivity index (χ2n) is 10.5. The standard InChI is InChI=1S/C22H38O/c1-14-9-11-21(3)16(13-14)5-6-17-19-8-7-18(15(2)23)22(19,4)12-10-20(17)21/h14-20,23H,5-13H2,1-4H3. The van der Waals surface area contributed by atoms with E-state index >= 15 is 0 Å². The van der Waals surface area contributed by atoms with Gasteiger partial charge in [-0.1, -0.05) is 27.2 Å². The van der Waals surface area contributed by atoms with Crippen molar-refractivity contribution in [3.8, 4) is 0 Å². The molecule has 23 heavy (non-hydrogen) atoms. The Bertz CT molecular complexity index is 457. The monoisotopic (exact) mass is 318 g/mol. The maximum Gasteiger partial charge on any atom is 0.0545 e. The molecule has 4 rings (SSSR count). The first-order chi connectivity index (χ1) is 10.9. The van der Waals surface area contributed by atoms with Crippen molar-refractivity contribution in [2.75, 3.05) is 0 Å². The van der Waals surface area contributed by atoms with Crippen molar-refractivity contribution in [3.05, 3.63) is 0 Å². The summed E-state index contributed by atoms with van der Waals surface area (Å²) in [5.74, 6) is 5.38. The first kappa shape index (κ1) is 16.4. The van der Waals surface area contributed by atoms with Crippen LogP contribution in [0.2, 0.25) is 0 Å². The molecule has 4 saturated carbocycles. The zero-order valence-corrected chi connectivity index (χ0v) is 15.9. The lowest BCUT2D eigenvalue weighted by Crippen LogP contribution is -2.53. The summed E-state index contributed by atoms with van der Waals surface area (Å²) < 4.78 is 0. The number of hydrogen-bond acceptors (Lipinski definition) is 1. The Balaban J connectivity index is 1.60. The summed E-state index contributed by atoms with van der Waals surface area (Å²) in [4.78, 5) is 0. The molecular formula is C22H38O. The fraction of sp³-hybridized carbons (Fsp3) is 1.00. The quantitative estimate of drug-likeness (QED) is 0.661. The van der Waals surface area contributed by atoms with Crippen molar-refractivity contribution in [1.82, 2.24) is 0 Å². The topological polar surface area (TPSA) is 20.2 Å². The molecule has 0 amide bonds. The van der Waals surface area contributed by atoms with Gasteiger partial charge in [0.15, 0.2) is 0 Å². The van der Waals surface area contributed by atoms with Crippen LogP contribution < -0.4 is 0 Å². The Morgan fingerprint density at radius 3 is 2.30 bits per heavy atom. The van der Waals surface area contributed by atoms with Gasteiger partial charge in [0.05, 0.1) is 6.10 Å². The van der Waals surface area contributed by atoms with E-state index in [2.05, 4.69) is 20.8 Å². The first-order valence-electron chi connectivity index (χ1n) is 10.5. The van der Waals surface area contributed by atoms with Crippen LogP contribution in [0.25, 0.3) is 0 Å². The zero-order valence-electron chi connectivity index (χ0n) is 15.9. The Morgan fingerprint density at radius 2 is 1.57 bits per heavy atom. The maximum atomic E-state index is 10.3. The van der Waals surface area contributed by atoms with Gasteiger partial charge in [-0.15, -0.1) is 0 Å². The summed E-state index contributed by atoms with van der Waals surface area (Å²) in [5, 5.41) is 10.3. The number of rotatable bonds is 1. The SMILES string of the molecule is CC1CCC2(C)C(CCC3C2CCC2(C)C(C(C)O)CCC32)C1. The summed E-state index contributed by atoms with van der Waals surface area (Å²) in [5.41, 5.74) is 1.07. The van der Waals surface area contributed by atoms with Gasteiger partial charge in [0.25, 0.3) is 0 Å². The van der Waals surface area contributed by atoms with Crippen LogP contribution in [-0.2, 0) is 0 Å². The highest BCUT2D eigenvalue weighted by Gasteiger charge is 2.60. The van der Waals surface area contributed by atoms with E-state index in [1.54, 1.807) is 0 Å². The van der Waals surface area contributed by atoms with E-state index in [1.807, 2.05) is 6.92 Å². The van der Waals surface area contributed by atoms with Crippen LogP contribution in [0.15, 0.2) is 0 Å². The molecule has 0 bridgehead atoms. The van der Waals surface area contributed by atoms with Gasteiger partial charge in [0, 0.05) is 0 Å². The molecule has 0 radical (unpaired) electrons. The van der Waals surface area contributed by atoms with E-state index in [0.717, 1.165) is 29.6 Å². The lowest BCUT2D eigenvalue weighted by Gasteiger charge is -2.61. The van der Waals surface area contributed by atoms with Gasteiger partial charge in [0.1, 0.15) is 0 Å². The average molecular weight is 319 g/mol. The predicted octanol–water partition coefficient (Wildman–Crippen LogP) is 5.66. The molecule has 1 nitrogen and oxygen atoms in total. The largest absolute Gasteiger partial charge is 0.393 e. The van der Waals surface area contributed by atoms with E-state index in [1.165, 1.54) is 57.8 Å². The van der Waals surface area contributed by atoms with Crippen LogP contribution in [0.1, 0.15) is 85.5 Å². The number of aliphatic hydroxyl groups excluding tert-OH is 1.